The molecule has 0 atom stereocenters. The summed E-state index contributed by atoms with van der Waals surface area (Å²) in [6, 6.07) is 1.81. The van der Waals surface area contributed by atoms with Crippen molar-refractivity contribution in [2.45, 2.75) is 24.6 Å². The monoisotopic (exact) mass is 340 g/mol. The first-order chi connectivity index (χ1) is 9.80. The molecule has 0 saturated heterocycles. The Labute approximate surface area is 116 Å². The number of hydrogen-bond acceptors (Lipinski definition) is 2. The van der Waals surface area contributed by atoms with Crippen LogP contribution in [0.25, 0.3) is 0 Å². The third-order valence-corrected chi connectivity index (χ3v) is 2.38. The Kier molecular flexibility index (Phi) is 4.68. The fraction of sp³-hybridized carbons (Fsp3) is 0.364. The molecule has 0 N–H and O–H groups in total. The predicted molar refractivity (Wildman–Crippen MR) is 53.4 cm³/mol. The molecule has 0 amide bonds. The van der Waals surface area contributed by atoms with Gasteiger partial charge in [0.25, 0.3) is 0 Å². The van der Waals surface area contributed by atoms with Crippen molar-refractivity contribution in [2.24, 2.45) is 0 Å². The molecule has 0 bridgehead atoms. The van der Waals surface area contributed by atoms with Gasteiger partial charge in [-0.1, -0.05) is 0 Å². The Hall–Kier alpha value is -1.94. The van der Waals surface area contributed by atoms with E-state index in [-0.39, 0.29) is 0 Å². The van der Waals surface area contributed by atoms with Crippen LogP contribution in [0.15, 0.2) is 24.3 Å². The lowest BCUT2D eigenvalue weighted by Gasteiger charge is -2.27. The third kappa shape index (κ3) is 3.28. The maximum Gasteiger partial charge on any atom is 0.460 e. The minimum Gasteiger partial charge on any atom is -0.435 e. The Bertz CT molecular complexity index is 533. The van der Waals surface area contributed by atoms with Gasteiger partial charge in [-0.05, 0) is 24.3 Å². The predicted octanol–water partition coefficient (Wildman–Crippen LogP) is 4.30. The molecule has 22 heavy (non-hydrogen) atoms. The number of hydrogen-bond donors (Lipinski definition) is 0. The highest BCUT2D eigenvalue weighted by molar-refractivity contribution is 6.02. The first kappa shape index (κ1) is 18.1. The van der Waals surface area contributed by atoms with E-state index in [2.05, 4.69) is 4.74 Å². The van der Waals surface area contributed by atoms with Crippen LogP contribution in [-0.4, -0.2) is 30.4 Å². The standard InChI is InChI=1S/C11H5F9O2/c12-8(13)22-6-3-1-5(2-4-6)7(21)9(14,15)10(16,17)11(18,19)20/h1-4,8H. The zero-order chi connectivity index (χ0) is 17.3. The zero-order valence-corrected chi connectivity index (χ0v) is 10.1. The molecule has 0 aliphatic heterocycles. The summed E-state index contributed by atoms with van der Waals surface area (Å²) in [7, 11) is 0. The van der Waals surface area contributed by atoms with Gasteiger partial charge in [0.1, 0.15) is 5.75 Å². The number of carbonyl (C=O) groups excluding carboxylic acids is 1. The molecule has 11 heteroatoms. The van der Waals surface area contributed by atoms with E-state index in [0.29, 0.717) is 24.3 Å². The molecule has 1 rings (SSSR count). The van der Waals surface area contributed by atoms with Gasteiger partial charge >= 0.3 is 24.6 Å². The van der Waals surface area contributed by atoms with Gasteiger partial charge in [-0.25, -0.2) is 0 Å². The lowest BCUT2D eigenvalue weighted by atomic mass is 10.00. The average Bonchev–Trinajstić information content (AvgIpc) is 2.36. The summed E-state index contributed by atoms with van der Waals surface area (Å²) in [5, 5.41) is 0. The van der Waals surface area contributed by atoms with Gasteiger partial charge in [0, 0.05) is 5.56 Å². The topological polar surface area (TPSA) is 26.3 Å². The van der Waals surface area contributed by atoms with Gasteiger partial charge in [-0.3, -0.25) is 4.79 Å². The van der Waals surface area contributed by atoms with Crippen molar-refractivity contribution in [2.75, 3.05) is 0 Å². The molecule has 0 fully saturated rings. The fourth-order valence-corrected chi connectivity index (χ4v) is 1.29. The highest BCUT2D eigenvalue weighted by atomic mass is 19.4. The Morgan fingerprint density at radius 1 is 0.909 bits per heavy atom. The fourth-order valence-electron chi connectivity index (χ4n) is 1.29. The van der Waals surface area contributed by atoms with Gasteiger partial charge in [-0.2, -0.15) is 39.5 Å². The molecule has 1 aromatic rings. The van der Waals surface area contributed by atoms with Crippen LogP contribution in [-0.2, 0) is 0 Å². The van der Waals surface area contributed by atoms with Crippen LogP contribution in [0.5, 0.6) is 5.75 Å². The molecule has 0 heterocycles. The first-order valence-corrected chi connectivity index (χ1v) is 5.22. The van der Waals surface area contributed by atoms with Crippen molar-refractivity contribution in [1.29, 1.82) is 0 Å². The number of benzene rings is 1. The largest absolute Gasteiger partial charge is 0.460 e. The van der Waals surface area contributed by atoms with Gasteiger partial charge in [-0.15, -0.1) is 0 Å². The molecule has 124 valence electrons. The molecule has 0 unspecified atom stereocenters. The molecule has 0 aromatic heterocycles. The van der Waals surface area contributed by atoms with E-state index in [9.17, 15) is 44.3 Å². The van der Waals surface area contributed by atoms with Crippen molar-refractivity contribution in [3.63, 3.8) is 0 Å². The summed E-state index contributed by atoms with van der Waals surface area (Å²) in [5.74, 6) is -16.1. The van der Waals surface area contributed by atoms with Crippen molar-refractivity contribution >= 4 is 5.78 Å². The second-order valence-electron chi connectivity index (χ2n) is 3.88. The Morgan fingerprint density at radius 2 is 1.36 bits per heavy atom. The zero-order valence-electron chi connectivity index (χ0n) is 10.1. The van der Waals surface area contributed by atoms with Crippen LogP contribution < -0.4 is 4.74 Å². The molecule has 0 radical (unpaired) electrons. The van der Waals surface area contributed by atoms with E-state index in [0.717, 1.165) is 0 Å². The SMILES string of the molecule is O=C(c1ccc(OC(F)F)cc1)C(F)(F)C(F)(F)C(F)(F)F. The number of halogens is 9. The summed E-state index contributed by atoms with van der Waals surface area (Å²) >= 11 is 0. The maximum absolute atomic E-state index is 13.1. The number of ketones is 1. The summed E-state index contributed by atoms with van der Waals surface area (Å²) in [6.45, 7) is -3.28. The van der Waals surface area contributed by atoms with Crippen LogP contribution in [0, 0.1) is 0 Å². The quantitative estimate of drug-likeness (QED) is 0.590. The van der Waals surface area contributed by atoms with Crippen LogP contribution in [0.3, 0.4) is 0 Å². The van der Waals surface area contributed by atoms with E-state index in [4.69, 9.17) is 0 Å². The van der Waals surface area contributed by atoms with Crippen LogP contribution in [0.1, 0.15) is 10.4 Å². The van der Waals surface area contributed by atoms with Crippen LogP contribution >= 0.6 is 0 Å². The van der Waals surface area contributed by atoms with E-state index in [1.165, 1.54) is 0 Å². The summed E-state index contributed by atoms with van der Waals surface area (Å²) in [4.78, 5) is 11.2. The normalized spacial score (nSPS) is 13.4. The van der Waals surface area contributed by atoms with E-state index in [1.807, 2.05) is 0 Å². The molecular weight excluding hydrogens is 335 g/mol. The van der Waals surface area contributed by atoms with E-state index in [1.54, 1.807) is 0 Å². The highest BCUT2D eigenvalue weighted by Crippen LogP contribution is 2.47. The second-order valence-corrected chi connectivity index (χ2v) is 3.88. The summed E-state index contributed by atoms with van der Waals surface area (Å²) in [5.41, 5.74) is -1.23. The highest BCUT2D eigenvalue weighted by Gasteiger charge is 2.76. The van der Waals surface area contributed by atoms with Gasteiger partial charge in [0.2, 0.25) is 5.78 Å². The molecule has 0 aliphatic rings. The van der Waals surface area contributed by atoms with Gasteiger partial charge in [0.05, 0.1) is 0 Å². The molecule has 0 aliphatic carbocycles. The number of Topliss-reactive ketones (excluding diaryl/α,β-unsaturated/α-hetero) is 1. The smallest absolute Gasteiger partial charge is 0.435 e. The number of rotatable bonds is 5. The first-order valence-electron chi connectivity index (χ1n) is 5.22. The second kappa shape index (κ2) is 5.69. The van der Waals surface area contributed by atoms with Crippen molar-refractivity contribution in [3.05, 3.63) is 29.8 Å². The van der Waals surface area contributed by atoms with Crippen molar-refractivity contribution in [3.8, 4) is 5.75 Å². The maximum atomic E-state index is 13.1. The van der Waals surface area contributed by atoms with Crippen LogP contribution in [0.4, 0.5) is 39.5 Å². The summed E-state index contributed by atoms with van der Waals surface area (Å²) in [6.07, 6.45) is -6.65. The molecule has 2 nitrogen and oxygen atoms in total. The molecule has 0 spiro atoms. The van der Waals surface area contributed by atoms with E-state index >= 15 is 0 Å². The molecule has 1 aromatic carbocycles. The lowest BCUT2D eigenvalue weighted by molar-refractivity contribution is -0.339. The molecular formula is C11H5F9O2. The Balaban J connectivity index is 3.09. The number of ether oxygens (including phenoxy) is 1. The minimum atomic E-state index is -6.65. The van der Waals surface area contributed by atoms with E-state index < -0.39 is 41.7 Å². The van der Waals surface area contributed by atoms with Crippen molar-refractivity contribution in [1.82, 2.24) is 0 Å². The molecule has 0 saturated carbocycles. The third-order valence-electron chi connectivity index (χ3n) is 2.38. The lowest BCUT2D eigenvalue weighted by Crippen LogP contribution is -2.56. The Morgan fingerprint density at radius 3 is 1.73 bits per heavy atom. The van der Waals surface area contributed by atoms with Gasteiger partial charge < -0.3 is 4.74 Å². The number of carbonyl (C=O) groups is 1. The van der Waals surface area contributed by atoms with Crippen molar-refractivity contribution < 1.29 is 49.0 Å². The van der Waals surface area contributed by atoms with Crippen LogP contribution in [0.2, 0.25) is 0 Å². The van der Waals surface area contributed by atoms with Gasteiger partial charge in [0.15, 0.2) is 0 Å². The number of alkyl halides is 9. The minimum absolute atomic E-state index is 0.362. The average molecular weight is 340 g/mol. The summed E-state index contributed by atoms with van der Waals surface area (Å²) < 4.78 is 115.